The van der Waals surface area contributed by atoms with Gasteiger partial charge in [-0.25, -0.2) is 0 Å². The molecular formula is C16H22BNO3S. The molecule has 1 amide bonds. The molecule has 0 unspecified atom stereocenters. The van der Waals surface area contributed by atoms with Gasteiger partial charge in [0.1, 0.15) is 0 Å². The largest absolute Gasteiger partial charge is 0.491 e. The molecule has 2 N–H and O–H groups in total. The van der Waals surface area contributed by atoms with Crippen molar-refractivity contribution in [2.24, 2.45) is 5.73 Å². The lowest BCUT2D eigenvalue weighted by Crippen LogP contribution is -2.41. The van der Waals surface area contributed by atoms with Crippen LogP contribution in [0.3, 0.4) is 0 Å². The van der Waals surface area contributed by atoms with Crippen LogP contribution in [0.5, 0.6) is 0 Å². The lowest BCUT2D eigenvalue weighted by molar-refractivity contribution is 0.00578. The molecule has 0 radical (unpaired) electrons. The minimum absolute atomic E-state index is 0.379. The molecule has 0 aromatic heterocycles. The third-order valence-electron chi connectivity index (χ3n) is 4.29. The van der Waals surface area contributed by atoms with Crippen molar-refractivity contribution in [3.8, 4) is 0 Å². The van der Waals surface area contributed by atoms with Gasteiger partial charge in [0.25, 0.3) is 0 Å². The Morgan fingerprint density at radius 2 is 1.68 bits per heavy atom. The summed E-state index contributed by atoms with van der Waals surface area (Å²) in [5.74, 6) is 0.0879. The first-order chi connectivity index (χ1) is 10.2. The molecule has 1 aromatic rings. The van der Waals surface area contributed by atoms with Gasteiger partial charge in [-0.3, -0.25) is 4.79 Å². The highest BCUT2D eigenvalue weighted by Gasteiger charge is 2.52. The van der Waals surface area contributed by atoms with Gasteiger partial charge in [-0.2, -0.15) is 12.6 Å². The first kappa shape index (κ1) is 17.1. The first-order valence-electron chi connectivity index (χ1n) is 7.23. The van der Waals surface area contributed by atoms with E-state index >= 15 is 0 Å². The molecular weight excluding hydrogens is 297 g/mol. The number of thiol groups is 1. The molecule has 1 saturated heterocycles. The number of carbonyl (C=O) groups is 1. The van der Waals surface area contributed by atoms with Gasteiger partial charge in [0.2, 0.25) is 5.91 Å². The minimum atomic E-state index is -0.434. The summed E-state index contributed by atoms with van der Waals surface area (Å²) < 4.78 is 12.1. The second-order valence-corrected chi connectivity index (χ2v) is 6.77. The number of amides is 1. The molecule has 0 atom stereocenters. The Balaban J connectivity index is 2.23. The zero-order chi connectivity index (χ0) is 16.5. The number of hydrogen-bond donors (Lipinski definition) is 2. The maximum absolute atomic E-state index is 11.1. The van der Waals surface area contributed by atoms with E-state index < -0.39 is 13.0 Å². The molecule has 0 aliphatic carbocycles. The monoisotopic (exact) mass is 319 g/mol. The highest BCUT2D eigenvalue weighted by atomic mass is 32.1. The second kappa shape index (κ2) is 6.10. The Kier molecular flexibility index (Phi) is 4.75. The molecule has 1 aromatic carbocycles. The van der Waals surface area contributed by atoms with Crippen molar-refractivity contribution in [1.29, 1.82) is 0 Å². The van der Waals surface area contributed by atoms with Gasteiger partial charge >= 0.3 is 7.12 Å². The quantitative estimate of drug-likeness (QED) is 0.663. The third kappa shape index (κ3) is 3.40. The molecule has 22 heavy (non-hydrogen) atoms. The standard InChI is InChI=1S/C16H22BNO3S/c1-15(2)16(3,4)21-17(20-15)13(10-22)9-11-5-7-12(8-6-11)14(18)19/h5-9,22H,10H2,1-4H3,(H2,18,19). The van der Waals surface area contributed by atoms with E-state index in [4.69, 9.17) is 15.0 Å². The molecule has 118 valence electrons. The van der Waals surface area contributed by atoms with Crippen molar-refractivity contribution < 1.29 is 14.1 Å². The van der Waals surface area contributed by atoms with Gasteiger partial charge in [-0.1, -0.05) is 18.2 Å². The number of rotatable bonds is 4. The molecule has 1 fully saturated rings. The van der Waals surface area contributed by atoms with Gasteiger partial charge in [-0.05, 0) is 50.9 Å². The predicted molar refractivity (Wildman–Crippen MR) is 92.9 cm³/mol. The topological polar surface area (TPSA) is 61.5 Å². The molecule has 1 aliphatic rings. The number of primary amides is 1. The van der Waals surface area contributed by atoms with E-state index in [9.17, 15) is 4.79 Å². The van der Waals surface area contributed by atoms with Crippen molar-refractivity contribution in [3.05, 3.63) is 40.9 Å². The summed E-state index contributed by atoms with van der Waals surface area (Å²) in [6.07, 6.45) is 1.97. The highest BCUT2D eigenvalue weighted by molar-refractivity contribution is 7.80. The Hall–Kier alpha value is -1.24. The molecule has 1 heterocycles. The predicted octanol–water partition coefficient (Wildman–Crippen LogP) is 2.73. The van der Waals surface area contributed by atoms with Crippen LogP contribution in [0.2, 0.25) is 0 Å². The van der Waals surface area contributed by atoms with Crippen molar-refractivity contribution in [1.82, 2.24) is 0 Å². The van der Waals surface area contributed by atoms with Crippen molar-refractivity contribution in [2.75, 3.05) is 5.75 Å². The Bertz CT molecular complexity index is 580. The van der Waals surface area contributed by atoms with Crippen LogP contribution in [0, 0.1) is 0 Å². The van der Waals surface area contributed by atoms with Crippen molar-refractivity contribution >= 4 is 31.7 Å². The SMILES string of the molecule is CC1(C)OB(C(=Cc2ccc(C(N)=O)cc2)CS)OC1(C)C. The molecule has 0 spiro atoms. The van der Waals surface area contributed by atoms with E-state index in [-0.39, 0.29) is 11.2 Å². The Labute approximate surface area is 137 Å². The van der Waals surface area contributed by atoms with Crippen LogP contribution in [0.15, 0.2) is 29.7 Å². The number of nitrogens with two attached hydrogens (primary N) is 1. The molecule has 4 nitrogen and oxygen atoms in total. The molecule has 0 saturated carbocycles. The average molecular weight is 319 g/mol. The summed E-state index contributed by atoms with van der Waals surface area (Å²) in [4.78, 5) is 11.1. The van der Waals surface area contributed by atoms with Crippen LogP contribution in [0.25, 0.3) is 6.08 Å². The Morgan fingerprint density at radius 3 is 2.09 bits per heavy atom. The normalized spacial score (nSPS) is 20.2. The average Bonchev–Trinajstić information content (AvgIpc) is 2.65. The fourth-order valence-corrected chi connectivity index (χ4v) is 2.38. The Morgan fingerprint density at radius 1 is 1.18 bits per heavy atom. The van der Waals surface area contributed by atoms with E-state index in [1.165, 1.54) is 0 Å². The zero-order valence-electron chi connectivity index (χ0n) is 13.4. The zero-order valence-corrected chi connectivity index (χ0v) is 14.3. The third-order valence-corrected chi connectivity index (χ3v) is 4.65. The highest BCUT2D eigenvalue weighted by Crippen LogP contribution is 2.38. The lowest BCUT2D eigenvalue weighted by atomic mass is 9.78. The van der Waals surface area contributed by atoms with E-state index in [0.29, 0.717) is 11.3 Å². The van der Waals surface area contributed by atoms with Crippen LogP contribution >= 0.6 is 12.6 Å². The van der Waals surface area contributed by atoms with Crippen molar-refractivity contribution in [3.63, 3.8) is 0 Å². The van der Waals surface area contributed by atoms with E-state index in [0.717, 1.165) is 11.0 Å². The molecule has 1 aliphatic heterocycles. The van der Waals surface area contributed by atoms with Crippen LogP contribution in [-0.2, 0) is 9.31 Å². The van der Waals surface area contributed by atoms with E-state index in [1.54, 1.807) is 12.1 Å². The van der Waals surface area contributed by atoms with Crippen LogP contribution in [0.1, 0.15) is 43.6 Å². The van der Waals surface area contributed by atoms with Gasteiger partial charge in [0, 0.05) is 11.3 Å². The summed E-state index contributed by atoms with van der Waals surface area (Å²) in [7, 11) is -0.418. The number of hydrogen-bond acceptors (Lipinski definition) is 4. The van der Waals surface area contributed by atoms with E-state index in [1.807, 2.05) is 45.9 Å². The first-order valence-corrected chi connectivity index (χ1v) is 7.86. The van der Waals surface area contributed by atoms with Crippen LogP contribution in [0.4, 0.5) is 0 Å². The minimum Gasteiger partial charge on any atom is -0.400 e. The van der Waals surface area contributed by atoms with Crippen LogP contribution in [-0.4, -0.2) is 30.0 Å². The van der Waals surface area contributed by atoms with Gasteiger partial charge < -0.3 is 15.0 Å². The number of benzene rings is 1. The fourth-order valence-electron chi connectivity index (χ4n) is 2.14. The molecule has 6 heteroatoms. The van der Waals surface area contributed by atoms with Gasteiger partial charge in [0.05, 0.1) is 11.2 Å². The lowest BCUT2D eigenvalue weighted by Gasteiger charge is -2.32. The molecule has 2 rings (SSSR count). The van der Waals surface area contributed by atoms with Crippen molar-refractivity contribution in [2.45, 2.75) is 38.9 Å². The summed E-state index contributed by atoms with van der Waals surface area (Å²) in [6.45, 7) is 8.07. The number of carbonyl (C=O) groups excluding carboxylic acids is 1. The van der Waals surface area contributed by atoms with Gasteiger partial charge in [0.15, 0.2) is 0 Å². The second-order valence-electron chi connectivity index (χ2n) is 6.45. The van der Waals surface area contributed by atoms with Gasteiger partial charge in [-0.15, -0.1) is 0 Å². The maximum Gasteiger partial charge on any atom is 0.491 e. The maximum atomic E-state index is 11.1. The summed E-state index contributed by atoms with van der Waals surface area (Å²) >= 11 is 4.39. The van der Waals surface area contributed by atoms with E-state index in [2.05, 4.69) is 12.6 Å². The summed E-state index contributed by atoms with van der Waals surface area (Å²) in [5, 5.41) is 0. The smallest absolute Gasteiger partial charge is 0.400 e. The van der Waals surface area contributed by atoms with Crippen LogP contribution < -0.4 is 5.73 Å². The molecule has 0 bridgehead atoms. The summed E-state index contributed by atoms with van der Waals surface area (Å²) in [5.41, 5.74) is 6.86. The summed E-state index contributed by atoms with van der Waals surface area (Å²) in [6, 6.07) is 7.09. The fraction of sp³-hybridized carbons (Fsp3) is 0.438.